The van der Waals surface area contributed by atoms with E-state index in [4.69, 9.17) is 0 Å². The molecule has 2 atom stereocenters. The predicted molar refractivity (Wildman–Crippen MR) is 112 cm³/mol. The van der Waals surface area contributed by atoms with Crippen LogP contribution in [-0.4, -0.2) is 91.3 Å². The first kappa shape index (κ1) is 21.7. The summed E-state index contributed by atoms with van der Waals surface area (Å²) < 4.78 is 23.4. The number of hydrogen-bond donors (Lipinski definition) is 2. The highest BCUT2D eigenvalue weighted by molar-refractivity contribution is 7.91. The maximum atomic E-state index is 12.9. The van der Waals surface area contributed by atoms with E-state index in [9.17, 15) is 22.8 Å². The van der Waals surface area contributed by atoms with Crippen molar-refractivity contribution in [1.82, 2.24) is 25.6 Å². The molecule has 0 spiro atoms. The first-order chi connectivity index (χ1) is 14.7. The van der Waals surface area contributed by atoms with Crippen molar-refractivity contribution in [1.29, 1.82) is 0 Å². The fraction of sp³-hybridized carbons (Fsp3) is 0.550. The maximum Gasteiger partial charge on any atom is 0.344 e. The third-order valence-corrected chi connectivity index (χ3v) is 8.03. The van der Waals surface area contributed by atoms with Crippen LogP contribution in [0.5, 0.6) is 0 Å². The van der Waals surface area contributed by atoms with Gasteiger partial charge in [0.25, 0.3) is 11.8 Å². The van der Waals surface area contributed by atoms with Gasteiger partial charge in [-0.1, -0.05) is 30.3 Å². The first-order valence-electron chi connectivity index (χ1n) is 10.4. The lowest BCUT2D eigenvalue weighted by molar-refractivity contribution is -0.139. The molecule has 4 amide bonds. The second-order valence-corrected chi connectivity index (χ2v) is 10.7. The minimum atomic E-state index is -2.93. The Morgan fingerprint density at radius 3 is 2.45 bits per heavy atom. The fourth-order valence-corrected chi connectivity index (χ4v) is 6.18. The molecule has 3 saturated heterocycles. The molecule has 2 N–H and O–H groups in total. The third kappa shape index (κ3) is 4.43. The number of sulfone groups is 1. The number of benzene rings is 1. The van der Waals surface area contributed by atoms with Gasteiger partial charge in [0.2, 0.25) is 0 Å². The minimum absolute atomic E-state index is 0.0515. The van der Waals surface area contributed by atoms with E-state index in [1.54, 1.807) is 31.2 Å². The number of carbonyl (C=O) groups is 3. The molecule has 1 aromatic rings. The molecule has 0 aromatic heterocycles. The largest absolute Gasteiger partial charge is 0.344 e. The van der Waals surface area contributed by atoms with Gasteiger partial charge in [0.05, 0.1) is 18.1 Å². The van der Waals surface area contributed by atoms with E-state index in [2.05, 4.69) is 15.6 Å². The van der Waals surface area contributed by atoms with Crippen LogP contribution in [0.1, 0.15) is 18.9 Å². The Balaban J connectivity index is 1.29. The van der Waals surface area contributed by atoms with Crippen LogP contribution < -0.4 is 10.7 Å². The van der Waals surface area contributed by atoms with Gasteiger partial charge in [0.15, 0.2) is 9.84 Å². The average molecular weight is 450 g/mol. The summed E-state index contributed by atoms with van der Waals surface area (Å²) in [5, 5.41) is 3.40. The van der Waals surface area contributed by atoms with Gasteiger partial charge in [-0.15, -0.1) is 0 Å². The van der Waals surface area contributed by atoms with Crippen LogP contribution in [0, 0.1) is 0 Å². The van der Waals surface area contributed by atoms with E-state index >= 15 is 0 Å². The van der Waals surface area contributed by atoms with E-state index in [1.165, 1.54) is 0 Å². The monoisotopic (exact) mass is 449 g/mol. The summed E-state index contributed by atoms with van der Waals surface area (Å²) in [5.74, 6) is -0.532. The molecule has 3 aliphatic heterocycles. The molecule has 4 rings (SSSR count). The number of urea groups is 1. The molecule has 0 saturated carbocycles. The highest BCUT2D eigenvalue weighted by Gasteiger charge is 2.50. The van der Waals surface area contributed by atoms with Gasteiger partial charge >= 0.3 is 6.03 Å². The molecule has 3 heterocycles. The number of imide groups is 1. The molecule has 10 nitrogen and oxygen atoms in total. The molecule has 0 aliphatic carbocycles. The zero-order valence-corrected chi connectivity index (χ0v) is 18.2. The molecule has 11 heteroatoms. The third-order valence-electron chi connectivity index (χ3n) is 6.28. The number of rotatable bonds is 5. The Morgan fingerprint density at radius 1 is 1.16 bits per heavy atom. The van der Waals surface area contributed by atoms with Crippen molar-refractivity contribution in [3.05, 3.63) is 35.9 Å². The zero-order valence-electron chi connectivity index (χ0n) is 17.4. The normalized spacial score (nSPS) is 29.2. The fourth-order valence-electron chi connectivity index (χ4n) is 4.42. The van der Waals surface area contributed by atoms with E-state index in [0.717, 1.165) is 5.01 Å². The maximum absolute atomic E-state index is 12.9. The van der Waals surface area contributed by atoms with Crippen molar-refractivity contribution in [2.75, 3.05) is 44.2 Å². The SMILES string of the molecule is C[C@@]1(c2ccccc2)NC(=O)N(NC(=O)CN2CCN([C@H]3CCS(=O)(=O)C3)CC2)C1=O. The Morgan fingerprint density at radius 2 is 1.84 bits per heavy atom. The first-order valence-corrected chi connectivity index (χ1v) is 12.2. The molecule has 31 heavy (non-hydrogen) atoms. The molecule has 0 bridgehead atoms. The number of hydrogen-bond acceptors (Lipinski definition) is 7. The Hall–Kier alpha value is -2.50. The summed E-state index contributed by atoms with van der Waals surface area (Å²) in [4.78, 5) is 41.8. The van der Waals surface area contributed by atoms with Gasteiger partial charge in [-0.05, 0) is 18.9 Å². The summed E-state index contributed by atoms with van der Waals surface area (Å²) in [6, 6.07) is 8.26. The van der Waals surface area contributed by atoms with Gasteiger partial charge in [-0.3, -0.25) is 24.8 Å². The second kappa shape index (κ2) is 8.21. The van der Waals surface area contributed by atoms with E-state index in [0.29, 0.717) is 38.2 Å². The molecular formula is C20H27N5O5S. The standard InChI is InChI=1S/C20H27N5O5S/c1-20(15-5-3-2-4-6-15)18(27)25(19(28)21-20)22-17(26)13-23-8-10-24(11-9-23)16-7-12-31(29,30)14-16/h2-6,16H,7-14H2,1H3,(H,21,28)(H,22,26)/t16-,20-/m0/s1. The van der Waals surface area contributed by atoms with E-state index in [1.807, 2.05) is 11.0 Å². The summed E-state index contributed by atoms with van der Waals surface area (Å²) in [6.45, 7) is 4.26. The van der Waals surface area contributed by atoms with Crippen molar-refractivity contribution < 1.29 is 22.8 Å². The zero-order chi connectivity index (χ0) is 22.2. The van der Waals surface area contributed by atoms with Gasteiger partial charge in [-0.2, -0.15) is 5.01 Å². The minimum Gasteiger partial charge on any atom is -0.318 e. The van der Waals surface area contributed by atoms with Crippen LogP contribution in [0.4, 0.5) is 4.79 Å². The van der Waals surface area contributed by atoms with Crippen molar-refractivity contribution >= 4 is 27.7 Å². The lowest BCUT2D eigenvalue weighted by Gasteiger charge is -2.37. The topological polar surface area (TPSA) is 119 Å². The van der Waals surface area contributed by atoms with Gasteiger partial charge < -0.3 is 5.32 Å². The van der Waals surface area contributed by atoms with Gasteiger partial charge in [-0.25, -0.2) is 13.2 Å². The molecule has 0 unspecified atom stereocenters. The number of nitrogens with one attached hydrogen (secondary N) is 2. The van der Waals surface area contributed by atoms with E-state index < -0.39 is 33.2 Å². The van der Waals surface area contributed by atoms with Crippen LogP contribution in [0.2, 0.25) is 0 Å². The molecular weight excluding hydrogens is 422 g/mol. The van der Waals surface area contributed by atoms with Crippen LogP contribution in [0.25, 0.3) is 0 Å². The Labute approximate surface area is 181 Å². The number of nitrogens with zero attached hydrogens (tertiary/aromatic N) is 3. The number of carbonyl (C=O) groups excluding carboxylic acids is 3. The lowest BCUT2D eigenvalue weighted by atomic mass is 9.92. The second-order valence-electron chi connectivity index (χ2n) is 8.47. The molecule has 1 aromatic carbocycles. The molecule has 0 radical (unpaired) electrons. The predicted octanol–water partition coefficient (Wildman–Crippen LogP) is -0.710. The summed E-state index contributed by atoms with van der Waals surface area (Å²) in [6.07, 6.45) is 0.662. The van der Waals surface area contributed by atoms with Crippen molar-refractivity contribution in [3.63, 3.8) is 0 Å². The molecule has 168 valence electrons. The van der Waals surface area contributed by atoms with Crippen LogP contribution in [0.15, 0.2) is 30.3 Å². The van der Waals surface area contributed by atoms with Gasteiger partial charge in [0, 0.05) is 32.2 Å². The summed E-state index contributed by atoms with van der Waals surface area (Å²) >= 11 is 0. The molecule has 3 aliphatic rings. The molecule has 3 fully saturated rings. The smallest absolute Gasteiger partial charge is 0.318 e. The highest BCUT2D eigenvalue weighted by atomic mass is 32.2. The van der Waals surface area contributed by atoms with Crippen molar-refractivity contribution in [2.24, 2.45) is 0 Å². The number of piperazine rings is 1. The van der Waals surface area contributed by atoms with Crippen molar-refractivity contribution in [2.45, 2.75) is 24.9 Å². The van der Waals surface area contributed by atoms with Crippen LogP contribution in [-0.2, 0) is 25.0 Å². The van der Waals surface area contributed by atoms with Crippen molar-refractivity contribution in [3.8, 4) is 0 Å². The van der Waals surface area contributed by atoms with Gasteiger partial charge in [0.1, 0.15) is 5.54 Å². The number of hydrazine groups is 1. The number of amides is 4. The van der Waals surface area contributed by atoms with E-state index in [-0.39, 0.29) is 24.1 Å². The highest BCUT2D eigenvalue weighted by Crippen LogP contribution is 2.27. The summed E-state index contributed by atoms with van der Waals surface area (Å²) in [7, 11) is -2.93. The average Bonchev–Trinajstić information content (AvgIpc) is 3.21. The Kier molecular flexibility index (Phi) is 5.75. The Bertz CT molecular complexity index is 977. The quantitative estimate of drug-likeness (QED) is 0.570. The van der Waals surface area contributed by atoms with Crippen LogP contribution >= 0.6 is 0 Å². The summed E-state index contributed by atoms with van der Waals surface area (Å²) in [5.41, 5.74) is 1.82. The lowest BCUT2D eigenvalue weighted by Crippen LogP contribution is -2.55. The van der Waals surface area contributed by atoms with Crippen LogP contribution in [0.3, 0.4) is 0 Å².